The van der Waals surface area contributed by atoms with Gasteiger partial charge >= 0.3 is 5.97 Å². The molecule has 0 radical (unpaired) electrons. The first-order valence-electron chi connectivity index (χ1n) is 4.96. The maximum atomic E-state index is 10.7. The molecule has 0 heterocycles. The Labute approximate surface area is 93.4 Å². The Bertz CT molecular complexity index is 339. The van der Waals surface area contributed by atoms with Gasteiger partial charge in [-0.2, -0.15) is 10.0 Å². The maximum absolute atomic E-state index is 10.7. The van der Waals surface area contributed by atoms with Crippen LogP contribution in [0, 0.1) is 11.2 Å². The highest BCUT2D eigenvalue weighted by Gasteiger charge is 2.16. The van der Waals surface area contributed by atoms with E-state index in [1.54, 1.807) is 0 Å². The Balaban J connectivity index is 2.58. The van der Waals surface area contributed by atoms with Crippen molar-refractivity contribution in [3.63, 3.8) is 0 Å². The van der Waals surface area contributed by atoms with Crippen LogP contribution in [0.5, 0.6) is 0 Å². The second-order valence-electron chi connectivity index (χ2n) is 4.44. The van der Waals surface area contributed by atoms with Crippen LogP contribution in [0.2, 0.25) is 0 Å². The van der Waals surface area contributed by atoms with Crippen LogP contribution >= 0.6 is 10.0 Å². The van der Waals surface area contributed by atoms with E-state index in [1.807, 2.05) is 6.08 Å². The van der Waals surface area contributed by atoms with Gasteiger partial charge in [0.25, 0.3) is 0 Å². The Hall–Kier alpha value is -0.880. The third kappa shape index (κ3) is 4.94. The van der Waals surface area contributed by atoms with Gasteiger partial charge in [-0.3, -0.25) is 4.79 Å². The zero-order chi connectivity index (χ0) is 11.5. The number of allylic oxidation sites excluding steroid dienone is 1. The highest BCUT2D eigenvalue weighted by Crippen LogP contribution is 2.33. The molecule has 2 nitrogen and oxygen atoms in total. The zero-order valence-corrected chi connectivity index (χ0v) is 10.6. The molecule has 15 heavy (non-hydrogen) atoms. The van der Waals surface area contributed by atoms with Gasteiger partial charge in [0.2, 0.25) is 0 Å². The van der Waals surface area contributed by atoms with Gasteiger partial charge in [-0.15, -0.1) is 0 Å². The first-order valence-corrected chi connectivity index (χ1v) is 7.81. The first-order chi connectivity index (χ1) is 6.87. The highest BCUT2D eigenvalue weighted by atomic mass is 32.3. The molecule has 0 aromatic carbocycles. The molecule has 0 aliphatic heterocycles. The molecule has 1 atom stereocenters. The average Bonchev–Trinajstić information content (AvgIpc) is 2.46. The molecule has 3 heteroatoms. The second-order valence-corrected chi connectivity index (χ2v) is 8.32. The largest absolute Gasteiger partial charge is 0.458 e. The summed E-state index contributed by atoms with van der Waals surface area (Å²) in [6.45, 7) is 1.44. The molecule has 0 spiro atoms. The monoisotopic (exact) mass is 226 g/mol. The van der Waals surface area contributed by atoms with Crippen molar-refractivity contribution in [2.45, 2.75) is 25.9 Å². The summed E-state index contributed by atoms with van der Waals surface area (Å²) >= 11 is 0. The summed E-state index contributed by atoms with van der Waals surface area (Å²) in [6, 6.07) is 0. The summed E-state index contributed by atoms with van der Waals surface area (Å²) in [4.78, 5) is 10.7. The van der Waals surface area contributed by atoms with Crippen LogP contribution in [0.1, 0.15) is 19.8 Å². The molecule has 0 N–H and O–H groups in total. The molecule has 1 unspecified atom stereocenters. The highest BCUT2D eigenvalue weighted by molar-refractivity contribution is 8.35. The normalized spacial score (nSPS) is 21.3. The van der Waals surface area contributed by atoms with E-state index in [2.05, 4.69) is 29.9 Å². The van der Waals surface area contributed by atoms with Crippen molar-refractivity contribution in [2.75, 3.05) is 18.8 Å². The number of esters is 1. The van der Waals surface area contributed by atoms with Crippen LogP contribution in [0.15, 0.2) is 11.6 Å². The van der Waals surface area contributed by atoms with Crippen LogP contribution < -0.4 is 0 Å². The van der Waals surface area contributed by atoms with Gasteiger partial charge in [-0.25, -0.2) is 0 Å². The molecule has 0 fully saturated rings. The fourth-order valence-electron chi connectivity index (χ4n) is 1.32. The minimum absolute atomic E-state index is 0.0539. The predicted octanol–water partition coefficient (Wildman–Crippen LogP) is 2.29. The van der Waals surface area contributed by atoms with E-state index in [4.69, 9.17) is 4.74 Å². The molecule has 1 aliphatic rings. The number of rotatable bonds is 1. The summed E-state index contributed by atoms with van der Waals surface area (Å²) in [5, 5.41) is 3.26. The lowest BCUT2D eigenvalue weighted by Gasteiger charge is -2.14. The Morgan fingerprint density at radius 2 is 2.20 bits per heavy atom. The summed E-state index contributed by atoms with van der Waals surface area (Å²) < 4.78 is 5.10. The molecular weight excluding hydrogens is 208 g/mol. The molecule has 0 bridgehead atoms. The van der Waals surface area contributed by atoms with Gasteiger partial charge < -0.3 is 4.74 Å². The summed E-state index contributed by atoms with van der Waals surface area (Å²) in [5.41, 5.74) is 1.11. The lowest BCUT2D eigenvalue weighted by Crippen LogP contribution is -2.10. The molecule has 0 aromatic rings. The molecule has 0 aromatic heterocycles. The molecule has 0 saturated carbocycles. The SMILES string of the molecule is CC(=O)OC1C=C(C#CS(C)(C)C)CC1. The van der Waals surface area contributed by atoms with Gasteiger partial charge in [-0.1, -0.05) is 5.92 Å². The molecule has 0 amide bonds. The van der Waals surface area contributed by atoms with Crippen molar-refractivity contribution in [1.82, 2.24) is 0 Å². The zero-order valence-electron chi connectivity index (χ0n) is 9.79. The average molecular weight is 226 g/mol. The third-order valence-electron chi connectivity index (χ3n) is 1.92. The number of hydrogen-bond acceptors (Lipinski definition) is 2. The van der Waals surface area contributed by atoms with E-state index in [0.29, 0.717) is 0 Å². The smallest absolute Gasteiger partial charge is 0.303 e. The second kappa shape index (κ2) is 4.76. The fraction of sp³-hybridized carbons (Fsp3) is 0.583. The quantitative estimate of drug-likeness (QED) is 0.506. The van der Waals surface area contributed by atoms with Crippen LogP contribution in [0.3, 0.4) is 0 Å². The lowest BCUT2D eigenvalue weighted by molar-refractivity contribution is -0.144. The molecule has 1 rings (SSSR count). The summed E-state index contributed by atoms with van der Waals surface area (Å²) in [6.07, 6.45) is 10.2. The van der Waals surface area contributed by atoms with Crippen molar-refractivity contribution >= 4 is 16.0 Å². The van der Waals surface area contributed by atoms with Crippen LogP contribution in [-0.4, -0.2) is 30.8 Å². The topological polar surface area (TPSA) is 26.3 Å². The van der Waals surface area contributed by atoms with E-state index in [-0.39, 0.29) is 12.1 Å². The van der Waals surface area contributed by atoms with Gasteiger partial charge in [0.1, 0.15) is 6.10 Å². The van der Waals surface area contributed by atoms with Crippen LogP contribution in [0.25, 0.3) is 0 Å². The van der Waals surface area contributed by atoms with E-state index < -0.39 is 10.0 Å². The molecule has 0 saturated heterocycles. The first kappa shape index (κ1) is 12.2. The minimum Gasteiger partial charge on any atom is -0.458 e. The molecular formula is C12H18O2S. The van der Waals surface area contributed by atoms with Gasteiger partial charge in [0, 0.05) is 12.5 Å². The lowest BCUT2D eigenvalue weighted by atomic mass is 10.2. The van der Waals surface area contributed by atoms with Crippen molar-refractivity contribution in [1.29, 1.82) is 0 Å². The standard InChI is InChI=1S/C12H18O2S/c1-10(13)14-12-6-5-11(9-12)7-8-15(2,3)4/h9,12H,5-6H2,1-4H3. The molecule has 84 valence electrons. The minimum atomic E-state index is -0.762. The molecule has 1 aliphatic carbocycles. The third-order valence-corrected chi connectivity index (χ3v) is 2.63. The maximum Gasteiger partial charge on any atom is 0.303 e. The predicted molar refractivity (Wildman–Crippen MR) is 66.0 cm³/mol. The number of hydrogen-bond donors (Lipinski definition) is 0. The number of ether oxygens (including phenoxy) is 1. The van der Waals surface area contributed by atoms with E-state index in [9.17, 15) is 4.79 Å². The van der Waals surface area contributed by atoms with E-state index >= 15 is 0 Å². The van der Waals surface area contributed by atoms with E-state index in [1.165, 1.54) is 6.92 Å². The van der Waals surface area contributed by atoms with Gasteiger partial charge in [0.15, 0.2) is 0 Å². The van der Waals surface area contributed by atoms with Crippen molar-refractivity contribution in [3.05, 3.63) is 11.6 Å². The fourth-order valence-corrected chi connectivity index (χ4v) is 1.76. The van der Waals surface area contributed by atoms with Gasteiger partial charge in [-0.05, 0) is 42.9 Å². The van der Waals surface area contributed by atoms with Gasteiger partial charge in [0.05, 0.1) is 0 Å². The van der Waals surface area contributed by atoms with Crippen LogP contribution in [-0.2, 0) is 9.53 Å². The summed E-state index contributed by atoms with van der Waals surface area (Å²) in [5.74, 6) is 2.97. The Kier molecular flexibility index (Phi) is 3.87. The summed E-state index contributed by atoms with van der Waals surface area (Å²) in [7, 11) is -0.762. The van der Waals surface area contributed by atoms with Crippen molar-refractivity contribution in [3.8, 4) is 11.2 Å². The van der Waals surface area contributed by atoms with Crippen molar-refractivity contribution < 1.29 is 9.53 Å². The Morgan fingerprint density at radius 3 is 2.73 bits per heavy atom. The number of carbonyl (C=O) groups is 1. The van der Waals surface area contributed by atoms with Crippen molar-refractivity contribution in [2.24, 2.45) is 0 Å². The number of carbonyl (C=O) groups excluding carboxylic acids is 1. The van der Waals surface area contributed by atoms with E-state index in [0.717, 1.165) is 18.4 Å². The Morgan fingerprint density at radius 1 is 1.53 bits per heavy atom. The van der Waals surface area contributed by atoms with Crippen LogP contribution in [0.4, 0.5) is 0 Å².